The molecule has 0 unspecified atom stereocenters. The molecule has 0 N–H and O–H groups in total. The number of rotatable bonds is 5. The molecule has 39 heavy (non-hydrogen) atoms. The molecular formula is C31H26ClNO6. The Kier molecular flexibility index (Phi) is 5.81. The Morgan fingerprint density at radius 3 is 2.15 bits per heavy atom. The summed E-state index contributed by atoms with van der Waals surface area (Å²) in [6.07, 6.45) is 3.72. The number of methoxy groups -OCH3 is 3. The first-order chi connectivity index (χ1) is 18.8. The highest BCUT2D eigenvalue weighted by Crippen LogP contribution is 2.62. The van der Waals surface area contributed by atoms with Crippen LogP contribution in [0.5, 0.6) is 17.2 Å². The molecule has 1 saturated heterocycles. The van der Waals surface area contributed by atoms with Crippen molar-refractivity contribution in [2.45, 2.75) is 24.9 Å². The summed E-state index contributed by atoms with van der Waals surface area (Å²) in [5.41, 5.74) is 1.13. The van der Waals surface area contributed by atoms with E-state index in [1.54, 1.807) is 42.5 Å². The molecule has 7 nitrogen and oxygen atoms in total. The second kappa shape index (κ2) is 8.99. The van der Waals surface area contributed by atoms with Crippen LogP contribution in [0.25, 0.3) is 6.08 Å². The predicted molar refractivity (Wildman–Crippen MR) is 148 cm³/mol. The maximum absolute atomic E-state index is 14.6. The number of hydrogen-bond donors (Lipinski definition) is 0. The highest BCUT2D eigenvalue weighted by atomic mass is 35.5. The van der Waals surface area contributed by atoms with Gasteiger partial charge in [0.05, 0.1) is 33.4 Å². The maximum atomic E-state index is 14.6. The first-order valence-corrected chi connectivity index (χ1v) is 12.9. The molecule has 0 radical (unpaired) electrons. The van der Waals surface area contributed by atoms with E-state index in [1.165, 1.54) is 28.3 Å². The Bertz CT molecular complexity index is 1560. The maximum Gasteiger partial charge on any atom is 0.203 e. The van der Waals surface area contributed by atoms with Gasteiger partial charge in [-0.2, -0.15) is 0 Å². The van der Waals surface area contributed by atoms with E-state index in [0.29, 0.717) is 39.0 Å². The zero-order valence-corrected chi connectivity index (χ0v) is 22.6. The Balaban J connectivity index is 1.71. The molecule has 0 amide bonds. The van der Waals surface area contributed by atoms with Gasteiger partial charge in [-0.3, -0.25) is 14.4 Å². The number of carbonyl (C=O) groups excluding carboxylic acids is 3. The van der Waals surface area contributed by atoms with E-state index in [9.17, 15) is 14.4 Å². The zero-order valence-electron chi connectivity index (χ0n) is 21.9. The van der Waals surface area contributed by atoms with Crippen molar-refractivity contribution in [3.8, 4) is 17.2 Å². The number of Topliss-reactive ketones (excluding diaryl/α,β-unsaturated/α-hetero) is 3. The monoisotopic (exact) mass is 543 g/mol. The van der Waals surface area contributed by atoms with E-state index in [1.807, 2.05) is 29.2 Å². The van der Waals surface area contributed by atoms with E-state index < -0.39 is 23.4 Å². The average molecular weight is 544 g/mol. The average Bonchev–Trinajstić information content (AvgIpc) is 3.38. The summed E-state index contributed by atoms with van der Waals surface area (Å²) in [6.45, 7) is 1.49. The van der Waals surface area contributed by atoms with Crippen LogP contribution in [0.1, 0.15) is 44.7 Å². The van der Waals surface area contributed by atoms with E-state index in [-0.39, 0.29) is 17.3 Å². The van der Waals surface area contributed by atoms with E-state index >= 15 is 0 Å². The van der Waals surface area contributed by atoms with Crippen LogP contribution in [-0.4, -0.2) is 50.8 Å². The SMILES string of the molecule is COc1ccc([C@@H]2[C@@H](C(C)=O)N3c4ccc(Cl)cc4C=C[C@H]3C23C(=O)c2ccccc2C3=O)c(OC)c1OC. The number of ether oxygens (including phenoxy) is 3. The molecule has 3 aliphatic rings. The molecule has 198 valence electrons. The molecular weight excluding hydrogens is 518 g/mol. The molecule has 2 aliphatic heterocycles. The van der Waals surface area contributed by atoms with Crippen LogP contribution in [0.3, 0.4) is 0 Å². The Morgan fingerprint density at radius 1 is 0.897 bits per heavy atom. The highest BCUT2D eigenvalue weighted by Gasteiger charge is 2.71. The largest absolute Gasteiger partial charge is 0.493 e. The van der Waals surface area contributed by atoms with Crippen LogP contribution >= 0.6 is 11.6 Å². The number of carbonyl (C=O) groups is 3. The molecule has 0 aromatic heterocycles. The van der Waals surface area contributed by atoms with Gasteiger partial charge in [-0.25, -0.2) is 0 Å². The summed E-state index contributed by atoms with van der Waals surface area (Å²) in [7, 11) is 4.49. The van der Waals surface area contributed by atoms with E-state index in [4.69, 9.17) is 25.8 Å². The molecule has 1 aliphatic carbocycles. The lowest BCUT2D eigenvalue weighted by molar-refractivity contribution is -0.118. The van der Waals surface area contributed by atoms with Crippen LogP contribution in [0.2, 0.25) is 5.02 Å². The quantitative estimate of drug-likeness (QED) is 0.399. The van der Waals surface area contributed by atoms with Crippen molar-refractivity contribution in [3.63, 3.8) is 0 Å². The van der Waals surface area contributed by atoms with Crippen molar-refractivity contribution >= 4 is 40.7 Å². The summed E-state index contributed by atoms with van der Waals surface area (Å²) in [5, 5.41) is 0.545. The third kappa shape index (κ3) is 3.20. The fourth-order valence-corrected chi connectivity index (χ4v) is 6.99. The van der Waals surface area contributed by atoms with Gasteiger partial charge < -0.3 is 19.1 Å². The van der Waals surface area contributed by atoms with E-state index in [2.05, 4.69) is 0 Å². The smallest absolute Gasteiger partial charge is 0.203 e. The van der Waals surface area contributed by atoms with E-state index in [0.717, 1.165) is 11.3 Å². The molecule has 1 spiro atoms. The molecule has 0 saturated carbocycles. The summed E-state index contributed by atoms with van der Waals surface area (Å²) >= 11 is 6.30. The molecule has 3 aromatic carbocycles. The van der Waals surface area contributed by atoms with Crippen molar-refractivity contribution in [3.05, 3.63) is 87.9 Å². The molecule has 1 fully saturated rings. The molecule has 3 aromatic rings. The number of ketones is 3. The summed E-state index contributed by atoms with van der Waals surface area (Å²) in [4.78, 5) is 44.7. The van der Waals surface area contributed by atoms with Gasteiger partial charge in [0.15, 0.2) is 28.8 Å². The summed E-state index contributed by atoms with van der Waals surface area (Å²) < 4.78 is 17.0. The first-order valence-electron chi connectivity index (χ1n) is 12.5. The number of hydrogen-bond acceptors (Lipinski definition) is 7. The van der Waals surface area contributed by atoms with Crippen molar-refractivity contribution in [2.75, 3.05) is 26.2 Å². The van der Waals surface area contributed by atoms with Crippen molar-refractivity contribution in [2.24, 2.45) is 5.41 Å². The first kappa shape index (κ1) is 25.2. The Morgan fingerprint density at radius 2 is 1.56 bits per heavy atom. The lowest BCUT2D eigenvalue weighted by Gasteiger charge is -2.37. The minimum absolute atomic E-state index is 0.188. The van der Waals surface area contributed by atoms with Crippen LogP contribution < -0.4 is 19.1 Å². The Hall–Kier alpha value is -4.10. The summed E-state index contributed by atoms with van der Waals surface area (Å²) in [5.74, 6) is -0.659. The molecule has 8 heteroatoms. The highest BCUT2D eigenvalue weighted by molar-refractivity contribution is 6.32. The predicted octanol–water partition coefficient (Wildman–Crippen LogP) is 5.39. The van der Waals surface area contributed by atoms with Crippen molar-refractivity contribution in [1.29, 1.82) is 0 Å². The lowest BCUT2D eigenvalue weighted by atomic mass is 9.64. The minimum Gasteiger partial charge on any atom is -0.493 e. The van der Waals surface area contributed by atoms with Gasteiger partial charge in [-0.15, -0.1) is 0 Å². The minimum atomic E-state index is -1.62. The van der Waals surface area contributed by atoms with Gasteiger partial charge in [-0.1, -0.05) is 54.1 Å². The second-order valence-corrected chi connectivity index (χ2v) is 10.4. The van der Waals surface area contributed by atoms with Crippen LogP contribution in [0, 0.1) is 5.41 Å². The molecule has 3 atom stereocenters. The van der Waals surface area contributed by atoms with Gasteiger partial charge in [-0.05, 0) is 36.8 Å². The van der Waals surface area contributed by atoms with Gasteiger partial charge >= 0.3 is 0 Å². The van der Waals surface area contributed by atoms with Crippen LogP contribution in [0.15, 0.2) is 60.7 Å². The number of halogens is 1. The number of benzene rings is 3. The normalized spacial score (nSPS) is 22.0. The van der Waals surface area contributed by atoms with Crippen molar-refractivity contribution in [1.82, 2.24) is 0 Å². The number of anilines is 1. The van der Waals surface area contributed by atoms with Gasteiger partial charge in [0, 0.05) is 33.3 Å². The van der Waals surface area contributed by atoms with Gasteiger partial charge in [0.1, 0.15) is 5.41 Å². The number of fused-ring (bicyclic) bond motifs is 5. The third-order valence-corrected chi connectivity index (χ3v) is 8.49. The molecule has 0 bridgehead atoms. The second-order valence-electron chi connectivity index (χ2n) is 9.94. The zero-order chi connectivity index (χ0) is 27.6. The fraction of sp³-hybridized carbons (Fsp3) is 0.258. The summed E-state index contributed by atoms with van der Waals surface area (Å²) in [6, 6.07) is 14.1. The lowest BCUT2D eigenvalue weighted by Crippen LogP contribution is -2.48. The standard InChI is InChI=1S/C31H26ClNO6/c1-16(34)26-25(21-11-13-23(37-2)28(39-4)27(21)38-3)31(29(35)19-7-5-6-8-20(19)30(31)36)24-14-9-17-15-18(32)10-12-22(17)33(24)26/h5-15,24-26H,1-4H3/t24-,25+,26+/m0/s1. The van der Waals surface area contributed by atoms with Gasteiger partial charge in [0.2, 0.25) is 5.75 Å². The number of nitrogens with zero attached hydrogens (tertiary/aromatic N) is 1. The van der Waals surface area contributed by atoms with Crippen molar-refractivity contribution < 1.29 is 28.6 Å². The van der Waals surface area contributed by atoms with Gasteiger partial charge in [0.25, 0.3) is 0 Å². The topological polar surface area (TPSA) is 82.1 Å². The Labute approximate surface area is 230 Å². The van der Waals surface area contributed by atoms with Crippen LogP contribution in [0.4, 0.5) is 5.69 Å². The fourth-order valence-electron chi connectivity index (χ4n) is 6.81. The third-order valence-electron chi connectivity index (χ3n) is 8.25. The molecule has 6 rings (SSSR count). The van der Waals surface area contributed by atoms with Crippen LogP contribution in [-0.2, 0) is 4.79 Å². The molecule has 2 heterocycles.